The maximum absolute atomic E-state index is 13.5. The Balaban J connectivity index is 1.13. The van der Waals surface area contributed by atoms with E-state index in [2.05, 4.69) is 15.5 Å². The highest BCUT2D eigenvalue weighted by molar-refractivity contribution is 6.30. The molecule has 6 nitrogen and oxygen atoms in total. The van der Waals surface area contributed by atoms with Gasteiger partial charge in [-0.15, -0.1) is 10.2 Å². The van der Waals surface area contributed by atoms with Crippen molar-refractivity contribution in [3.63, 3.8) is 0 Å². The number of nitrogens with one attached hydrogen (secondary N) is 1. The highest BCUT2D eigenvalue weighted by atomic mass is 35.5. The average Bonchev–Trinajstić information content (AvgIpc) is 3.33. The van der Waals surface area contributed by atoms with Gasteiger partial charge in [0.05, 0.1) is 10.9 Å². The third-order valence-corrected chi connectivity index (χ3v) is 7.18. The van der Waals surface area contributed by atoms with Crippen molar-refractivity contribution in [2.24, 2.45) is 11.8 Å². The Labute approximate surface area is 185 Å². The lowest BCUT2D eigenvalue weighted by atomic mass is 9.74. The summed E-state index contributed by atoms with van der Waals surface area (Å²) in [7, 11) is 0. The lowest BCUT2D eigenvalue weighted by Crippen LogP contribution is -2.53. The minimum Gasteiger partial charge on any atom is -0.484 e. The van der Waals surface area contributed by atoms with Crippen molar-refractivity contribution < 1.29 is 31.5 Å². The molecule has 172 valence electrons. The van der Waals surface area contributed by atoms with Gasteiger partial charge in [0.15, 0.2) is 6.61 Å². The summed E-state index contributed by atoms with van der Waals surface area (Å²) in [5, 5.41) is 11.0. The van der Waals surface area contributed by atoms with Gasteiger partial charge in [-0.1, -0.05) is 11.6 Å². The summed E-state index contributed by atoms with van der Waals surface area (Å²) in [5.74, 6) is -1.43. The van der Waals surface area contributed by atoms with E-state index in [-0.39, 0.29) is 65.3 Å². The first-order valence-electron chi connectivity index (χ1n) is 10.4. The van der Waals surface area contributed by atoms with E-state index < -0.39 is 17.9 Å². The first-order valence-corrected chi connectivity index (χ1v) is 10.8. The largest absolute Gasteiger partial charge is 0.484 e. The van der Waals surface area contributed by atoms with Crippen molar-refractivity contribution in [3.8, 4) is 5.75 Å². The average molecular weight is 474 g/mol. The number of benzene rings is 1. The molecule has 4 saturated carbocycles. The van der Waals surface area contributed by atoms with Crippen LogP contribution in [0.25, 0.3) is 0 Å². The zero-order chi connectivity index (χ0) is 22.7. The fraction of sp³-hybridized carbons (Fsp3) is 0.571. The third-order valence-electron chi connectivity index (χ3n) is 6.87. The van der Waals surface area contributed by atoms with Crippen LogP contribution in [0.5, 0.6) is 5.75 Å². The minimum atomic E-state index is -4.18. The monoisotopic (exact) mass is 473 g/mol. The number of hydrogen-bond acceptors (Lipinski definition) is 5. The third kappa shape index (κ3) is 3.93. The van der Waals surface area contributed by atoms with Gasteiger partial charge in [0, 0.05) is 23.4 Å². The molecule has 1 N–H and O–H groups in total. The number of aromatic nitrogens is 2. The minimum absolute atomic E-state index is 0.0171. The Morgan fingerprint density at radius 3 is 2.62 bits per heavy atom. The molecule has 0 aliphatic heterocycles. The van der Waals surface area contributed by atoms with Crippen molar-refractivity contribution in [3.05, 3.63) is 40.8 Å². The summed E-state index contributed by atoms with van der Waals surface area (Å²) >= 11 is 5.63. The van der Waals surface area contributed by atoms with E-state index >= 15 is 0 Å². The molecule has 1 heterocycles. The molecule has 4 fully saturated rings. The standard InChI is InChI=1S/C21H20ClF4N3O3/c22-15-2-1-13(5-16(15)23)31-9-17(30)27-20-6-11(7-20)14(8-20)19-29-28-18(32-19)10-3-12(4-10)21(24,25)26/h1-2,5,10-12,14H,3-4,6-9H2,(H,27,30)/t10?,11?,12?,14-,20?/m1/s1. The van der Waals surface area contributed by atoms with Crippen LogP contribution in [0.3, 0.4) is 0 Å². The van der Waals surface area contributed by atoms with E-state index in [4.69, 9.17) is 20.8 Å². The Bertz CT molecular complexity index is 1030. The smallest absolute Gasteiger partial charge is 0.391 e. The number of fused-ring (bicyclic) bond motifs is 1. The number of carbonyl (C=O) groups is 1. The quantitative estimate of drug-likeness (QED) is 0.613. The molecule has 1 aromatic heterocycles. The van der Waals surface area contributed by atoms with Gasteiger partial charge >= 0.3 is 6.18 Å². The summed E-state index contributed by atoms with van der Waals surface area (Å²) < 4.78 is 62.6. The van der Waals surface area contributed by atoms with E-state index in [9.17, 15) is 22.4 Å². The van der Waals surface area contributed by atoms with E-state index in [0.29, 0.717) is 12.3 Å². The predicted molar refractivity (Wildman–Crippen MR) is 104 cm³/mol. The second-order valence-corrected chi connectivity index (χ2v) is 9.46. The number of amides is 1. The van der Waals surface area contributed by atoms with Crippen LogP contribution in [0.1, 0.15) is 55.7 Å². The highest BCUT2D eigenvalue weighted by Gasteiger charge is 2.59. The van der Waals surface area contributed by atoms with E-state index in [1.54, 1.807) is 0 Å². The Kier molecular flexibility index (Phi) is 5.11. The molecule has 4 aliphatic carbocycles. The normalized spacial score (nSPS) is 31.0. The maximum atomic E-state index is 13.5. The van der Waals surface area contributed by atoms with E-state index in [0.717, 1.165) is 18.9 Å². The van der Waals surface area contributed by atoms with Gasteiger partial charge < -0.3 is 14.5 Å². The van der Waals surface area contributed by atoms with E-state index in [1.807, 2.05) is 0 Å². The van der Waals surface area contributed by atoms with Crippen LogP contribution in [0.2, 0.25) is 5.02 Å². The number of halogens is 5. The van der Waals surface area contributed by atoms with Gasteiger partial charge in [0.25, 0.3) is 5.91 Å². The lowest BCUT2D eigenvalue weighted by Gasteiger charge is -2.39. The fourth-order valence-corrected chi connectivity index (χ4v) is 5.24. The first-order chi connectivity index (χ1) is 15.1. The molecule has 2 bridgehead atoms. The van der Waals surface area contributed by atoms with Crippen LogP contribution >= 0.6 is 11.6 Å². The highest BCUT2D eigenvalue weighted by Crippen LogP contribution is 2.59. The molecule has 0 saturated heterocycles. The van der Waals surface area contributed by atoms with Crippen LogP contribution in [-0.4, -0.2) is 34.4 Å². The second kappa shape index (κ2) is 7.60. The maximum Gasteiger partial charge on any atom is 0.391 e. The number of carbonyl (C=O) groups excluding carboxylic acids is 1. The summed E-state index contributed by atoms with van der Waals surface area (Å²) in [6.45, 7) is -0.259. The number of nitrogens with zero attached hydrogens (tertiary/aromatic N) is 2. The van der Waals surface area contributed by atoms with Gasteiger partial charge in [-0.2, -0.15) is 13.2 Å². The molecule has 1 atom stereocenters. The van der Waals surface area contributed by atoms with Crippen LogP contribution in [0, 0.1) is 17.7 Å². The van der Waals surface area contributed by atoms with Crippen molar-refractivity contribution in [1.82, 2.24) is 15.5 Å². The molecule has 0 unspecified atom stereocenters. The Hall–Kier alpha value is -2.36. The van der Waals surface area contributed by atoms with Gasteiger partial charge in [0.2, 0.25) is 11.8 Å². The Morgan fingerprint density at radius 2 is 1.94 bits per heavy atom. The molecule has 1 aromatic carbocycles. The van der Waals surface area contributed by atoms with Gasteiger partial charge in [-0.05, 0) is 50.2 Å². The summed E-state index contributed by atoms with van der Waals surface area (Å²) in [6.07, 6.45) is -2.07. The zero-order valence-electron chi connectivity index (χ0n) is 16.8. The topological polar surface area (TPSA) is 77.2 Å². The summed E-state index contributed by atoms with van der Waals surface area (Å²) in [4.78, 5) is 12.3. The molecular formula is C21H20ClF4N3O3. The molecular weight excluding hydrogens is 454 g/mol. The van der Waals surface area contributed by atoms with Crippen molar-refractivity contribution >= 4 is 17.5 Å². The second-order valence-electron chi connectivity index (χ2n) is 9.06. The molecule has 0 spiro atoms. The fourth-order valence-electron chi connectivity index (χ4n) is 5.12. The summed E-state index contributed by atoms with van der Waals surface area (Å²) in [5.41, 5.74) is -0.381. The van der Waals surface area contributed by atoms with Crippen LogP contribution < -0.4 is 10.1 Å². The number of hydrogen-bond donors (Lipinski definition) is 1. The van der Waals surface area contributed by atoms with Gasteiger partial charge in [-0.3, -0.25) is 4.79 Å². The molecule has 4 aliphatic rings. The van der Waals surface area contributed by atoms with Crippen LogP contribution in [0.4, 0.5) is 17.6 Å². The van der Waals surface area contributed by atoms with Gasteiger partial charge in [-0.25, -0.2) is 4.39 Å². The van der Waals surface area contributed by atoms with E-state index in [1.165, 1.54) is 12.1 Å². The molecule has 11 heteroatoms. The predicted octanol–water partition coefficient (Wildman–Crippen LogP) is 4.75. The van der Waals surface area contributed by atoms with Crippen LogP contribution in [-0.2, 0) is 4.79 Å². The molecule has 6 rings (SSSR count). The van der Waals surface area contributed by atoms with Crippen LogP contribution in [0.15, 0.2) is 22.6 Å². The number of rotatable bonds is 6. The number of ether oxygens (including phenoxy) is 1. The Morgan fingerprint density at radius 1 is 1.22 bits per heavy atom. The van der Waals surface area contributed by atoms with Crippen molar-refractivity contribution in [2.75, 3.05) is 6.61 Å². The zero-order valence-corrected chi connectivity index (χ0v) is 17.5. The number of alkyl halides is 3. The molecule has 2 aromatic rings. The lowest BCUT2D eigenvalue weighted by molar-refractivity contribution is -0.198. The van der Waals surface area contributed by atoms with Crippen molar-refractivity contribution in [1.29, 1.82) is 0 Å². The molecule has 0 radical (unpaired) electrons. The van der Waals surface area contributed by atoms with Gasteiger partial charge in [0.1, 0.15) is 11.6 Å². The molecule has 32 heavy (non-hydrogen) atoms. The summed E-state index contributed by atoms with van der Waals surface area (Å²) in [6, 6.07) is 3.95. The first kappa shape index (κ1) is 21.5. The van der Waals surface area contributed by atoms with Crippen molar-refractivity contribution in [2.45, 2.75) is 55.7 Å². The SMILES string of the molecule is O=C(COc1ccc(Cl)c(F)c1)NC12CC(C1)[C@H](c1nnc(C3CC(C(F)(F)F)C3)o1)C2. The molecule has 1 amide bonds.